The monoisotopic (exact) mass is 368 g/mol. The zero-order chi connectivity index (χ0) is 19.2. The SMILES string of the molecule is COc1ccc(-c2cc(=O)[nH]o2)cc1.O=c1cc(-c2ccc(O)cc2)o[nH]1. The Hall–Kier alpha value is -3.94. The van der Waals surface area contributed by atoms with Gasteiger partial charge in [0, 0.05) is 11.1 Å². The number of phenols is 1. The summed E-state index contributed by atoms with van der Waals surface area (Å²) in [7, 11) is 1.60. The van der Waals surface area contributed by atoms with Crippen LogP contribution in [0.1, 0.15) is 0 Å². The second-order valence-corrected chi connectivity index (χ2v) is 5.43. The smallest absolute Gasteiger partial charge is 0.280 e. The topological polar surface area (TPSA) is 121 Å². The Morgan fingerprint density at radius 1 is 0.778 bits per heavy atom. The summed E-state index contributed by atoms with van der Waals surface area (Å²) in [5.74, 6) is 1.94. The Morgan fingerprint density at radius 3 is 1.59 bits per heavy atom. The van der Waals surface area contributed by atoms with E-state index in [0.29, 0.717) is 11.5 Å². The van der Waals surface area contributed by atoms with E-state index in [9.17, 15) is 9.59 Å². The number of hydrogen-bond acceptors (Lipinski definition) is 6. The third-order valence-corrected chi connectivity index (χ3v) is 3.57. The maximum absolute atomic E-state index is 10.8. The van der Waals surface area contributed by atoms with E-state index in [2.05, 4.69) is 10.3 Å². The maximum atomic E-state index is 10.8. The van der Waals surface area contributed by atoms with Gasteiger partial charge in [0.25, 0.3) is 11.1 Å². The third-order valence-electron chi connectivity index (χ3n) is 3.57. The lowest BCUT2D eigenvalue weighted by Gasteiger charge is -1.99. The number of methoxy groups -OCH3 is 1. The van der Waals surface area contributed by atoms with Crippen molar-refractivity contribution >= 4 is 0 Å². The predicted octanol–water partition coefficient (Wildman–Crippen LogP) is 2.98. The number of rotatable bonds is 3. The summed E-state index contributed by atoms with van der Waals surface area (Å²) < 4.78 is 14.8. The van der Waals surface area contributed by atoms with Crippen molar-refractivity contribution in [2.24, 2.45) is 0 Å². The van der Waals surface area contributed by atoms with Crippen LogP contribution in [0.4, 0.5) is 0 Å². The minimum atomic E-state index is -0.275. The van der Waals surface area contributed by atoms with E-state index in [-0.39, 0.29) is 16.9 Å². The molecular formula is C19H16N2O6. The highest BCUT2D eigenvalue weighted by molar-refractivity contribution is 5.58. The van der Waals surface area contributed by atoms with Crippen molar-refractivity contribution in [3.63, 3.8) is 0 Å². The van der Waals surface area contributed by atoms with Crippen molar-refractivity contribution in [3.05, 3.63) is 81.4 Å². The Kier molecular flexibility index (Phi) is 5.27. The molecule has 8 heteroatoms. The van der Waals surface area contributed by atoms with E-state index in [4.69, 9.17) is 18.9 Å². The molecule has 0 aliphatic carbocycles. The number of H-pyrrole nitrogens is 2. The van der Waals surface area contributed by atoms with Crippen LogP contribution in [0.5, 0.6) is 11.5 Å². The fourth-order valence-corrected chi connectivity index (χ4v) is 2.23. The second kappa shape index (κ2) is 7.96. The Morgan fingerprint density at radius 2 is 1.22 bits per heavy atom. The predicted molar refractivity (Wildman–Crippen MR) is 97.7 cm³/mol. The molecule has 0 radical (unpaired) electrons. The van der Waals surface area contributed by atoms with E-state index in [0.717, 1.165) is 16.9 Å². The van der Waals surface area contributed by atoms with Gasteiger partial charge in [0.1, 0.15) is 11.5 Å². The average molecular weight is 368 g/mol. The largest absolute Gasteiger partial charge is 0.508 e. The van der Waals surface area contributed by atoms with Crippen molar-refractivity contribution in [1.29, 1.82) is 0 Å². The number of phenolic OH excluding ortho intramolecular Hbond substituents is 1. The minimum Gasteiger partial charge on any atom is -0.508 e. The van der Waals surface area contributed by atoms with Gasteiger partial charge in [-0.25, -0.2) is 0 Å². The molecule has 3 N–H and O–H groups in total. The number of hydrogen-bond donors (Lipinski definition) is 3. The lowest BCUT2D eigenvalue weighted by atomic mass is 10.2. The fourth-order valence-electron chi connectivity index (χ4n) is 2.23. The van der Waals surface area contributed by atoms with E-state index in [1.165, 1.54) is 24.3 Å². The first-order valence-corrected chi connectivity index (χ1v) is 7.86. The van der Waals surface area contributed by atoms with Gasteiger partial charge in [-0.15, -0.1) is 0 Å². The molecule has 27 heavy (non-hydrogen) atoms. The van der Waals surface area contributed by atoms with Gasteiger partial charge in [0.2, 0.25) is 0 Å². The van der Waals surface area contributed by atoms with Gasteiger partial charge in [0.15, 0.2) is 11.5 Å². The number of ether oxygens (including phenoxy) is 1. The van der Waals surface area contributed by atoms with Gasteiger partial charge in [-0.1, -0.05) is 0 Å². The number of aromatic hydroxyl groups is 1. The molecule has 0 aliphatic heterocycles. The molecule has 4 rings (SSSR count). The molecule has 4 aromatic rings. The van der Waals surface area contributed by atoms with Gasteiger partial charge in [-0.2, -0.15) is 10.3 Å². The van der Waals surface area contributed by atoms with Crippen molar-refractivity contribution in [2.75, 3.05) is 7.11 Å². The highest BCUT2D eigenvalue weighted by atomic mass is 16.5. The van der Waals surface area contributed by atoms with Crippen LogP contribution in [0.15, 0.2) is 79.3 Å². The van der Waals surface area contributed by atoms with E-state index >= 15 is 0 Å². The zero-order valence-corrected chi connectivity index (χ0v) is 14.3. The Labute approximate surface area is 152 Å². The van der Waals surface area contributed by atoms with Crippen molar-refractivity contribution in [3.8, 4) is 34.1 Å². The van der Waals surface area contributed by atoms with Crippen LogP contribution in [-0.4, -0.2) is 22.5 Å². The van der Waals surface area contributed by atoms with Crippen LogP contribution >= 0.6 is 0 Å². The van der Waals surface area contributed by atoms with Crippen molar-refractivity contribution in [2.45, 2.75) is 0 Å². The molecule has 0 unspecified atom stereocenters. The summed E-state index contributed by atoms with van der Waals surface area (Å²) >= 11 is 0. The summed E-state index contributed by atoms with van der Waals surface area (Å²) in [4.78, 5) is 21.5. The molecule has 138 valence electrons. The van der Waals surface area contributed by atoms with Gasteiger partial charge < -0.3 is 18.9 Å². The molecule has 0 aliphatic rings. The summed E-state index contributed by atoms with van der Waals surface area (Å²) in [5, 5.41) is 13.4. The van der Waals surface area contributed by atoms with Gasteiger partial charge >= 0.3 is 0 Å². The number of benzene rings is 2. The molecule has 8 nitrogen and oxygen atoms in total. The lowest BCUT2D eigenvalue weighted by Crippen LogP contribution is -1.92. The summed E-state index contributed by atoms with van der Waals surface area (Å²) in [6.07, 6.45) is 0. The lowest BCUT2D eigenvalue weighted by molar-refractivity contribution is 0.414. The highest BCUT2D eigenvalue weighted by Crippen LogP contribution is 2.21. The van der Waals surface area contributed by atoms with E-state index < -0.39 is 0 Å². The minimum absolute atomic E-state index is 0.182. The molecule has 0 bridgehead atoms. The quantitative estimate of drug-likeness (QED) is 0.511. The zero-order valence-electron chi connectivity index (χ0n) is 14.3. The van der Waals surface area contributed by atoms with E-state index in [1.54, 1.807) is 19.2 Å². The molecule has 0 saturated heterocycles. The van der Waals surface area contributed by atoms with Crippen LogP contribution in [0.2, 0.25) is 0 Å². The molecular weight excluding hydrogens is 352 g/mol. The molecule has 0 atom stereocenters. The Balaban J connectivity index is 0.000000156. The third kappa shape index (κ3) is 4.57. The van der Waals surface area contributed by atoms with E-state index in [1.807, 2.05) is 24.3 Å². The first-order valence-electron chi connectivity index (χ1n) is 7.86. The number of aromatic nitrogens is 2. The summed E-state index contributed by atoms with van der Waals surface area (Å²) in [5.41, 5.74) is 1.07. The molecule has 2 aromatic heterocycles. The fraction of sp³-hybridized carbons (Fsp3) is 0.0526. The molecule has 2 heterocycles. The molecule has 0 amide bonds. The summed E-state index contributed by atoms with van der Waals surface area (Å²) in [6, 6.07) is 16.4. The van der Waals surface area contributed by atoms with Crippen LogP contribution in [0.25, 0.3) is 22.6 Å². The van der Waals surface area contributed by atoms with Crippen molar-refractivity contribution < 1.29 is 18.9 Å². The number of aromatic amines is 2. The first kappa shape index (κ1) is 17.9. The van der Waals surface area contributed by atoms with Crippen LogP contribution in [0, 0.1) is 0 Å². The summed E-state index contributed by atoms with van der Waals surface area (Å²) in [6.45, 7) is 0. The Bertz CT molecular complexity index is 1100. The van der Waals surface area contributed by atoms with Crippen molar-refractivity contribution in [1.82, 2.24) is 10.3 Å². The first-order chi connectivity index (χ1) is 13.0. The second-order valence-electron chi connectivity index (χ2n) is 5.43. The van der Waals surface area contributed by atoms with Crippen LogP contribution < -0.4 is 15.9 Å². The van der Waals surface area contributed by atoms with Gasteiger partial charge in [0.05, 0.1) is 19.2 Å². The normalized spacial score (nSPS) is 10.1. The molecule has 0 fully saturated rings. The van der Waals surface area contributed by atoms with Gasteiger partial charge in [-0.05, 0) is 48.5 Å². The number of nitrogens with one attached hydrogen (secondary N) is 2. The van der Waals surface area contributed by atoms with Crippen LogP contribution in [-0.2, 0) is 0 Å². The van der Waals surface area contributed by atoms with Gasteiger partial charge in [-0.3, -0.25) is 9.59 Å². The molecule has 2 aromatic carbocycles. The standard InChI is InChI=1S/C10H9NO3.C9H7NO3/c1-13-8-4-2-7(3-5-8)9-6-10(12)11-14-9;11-7-3-1-6(2-4-7)8-5-9(12)10-13-8/h2-6H,1H3,(H,11,12);1-5,11H,(H,10,12). The average Bonchev–Trinajstić information content (AvgIpc) is 3.31. The molecule has 0 spiro atoms. The molecule has 0 saturated carbocycles. The highest BCUT2D eigenvalue weighted by Gasteiger charge is 2.03. The van der Waals surface area contributed by atoms with Crippen LogP contribution in [0.3, 0.4) is 0 Å². The maximum Gasteiger partial charge on any atom is 0.280 e.